The van der Waals surface area contributed by atoms with Crippen LogP contribution in [0.5, 0.6) is 0 Å². The zero-order chi connectivity index (χ0) is 22.3. The smallest absolute Gasteiger partial charge is 0.292 e. The van der Waals surface area contributed by atoms with Gasteiger partial charge in [-0.15, -0.1) is 0 Å². The molecule has 2 heterocycles. The molecule has 2 N–H and O–H groups in total. The van der Waals surface area contributed by atoms with Crippen LogP contribution in [0.25, 0.3) is 22.9 Å². The summed E-state index contributed by atoms with van der Waals surface area (Å²) < 4.78 is 11.0. The van der Waals surface area contributed by atoms with Gasteiger partial charge in [-0.25, -0.2) is 9.97 Å². The van der Waals surface area contributed by atoms with Crippen molar-refractivity contribution in [1.29, 1.82) is 0 Å². The molecule has 0 aliphatic carbocycles. The van der Waals surface area contributed by atoms with Crippen LogP contribution in [-0.4, -0.2) is 28.3 Å². The highest BCUT2D eigenvalue weighted by molar-refractivity contribution is 5.93. The highest BCUT2D eigenvalue weighted by Crippen LogP contribution is 2.19. The van der Waals surface area contributed by atoms with Crippen molar-refractivity contribution in [2.24, 2.45) is 0 Å². The number of oxazole rings is 2. The van der Waals surface area contributed by atoms with E-state index in [0.29, 0.717) is 23.9 Å². The average Bonchev–Trinajstić information content (AvgIpc) is 3.51. The van der Waals surface area contributed by atoms with E-state index in [1.54, 1.807) is 0 Å². The number of nitrogens with zero attached hydrogens (tertiary/aromatic N) is 2. The molecule has 0 radical (unpaired) electrons. The molecule has 160 valence electrons. The van der Waals surface area contributed by atoms with Gasteiger partial charge < -0.3 is 19.5 Å². The second-order valence-corrected chi connectivity index (χ2v) is 6.85. The van der Waals surface area contributed by atoms with Gasteiger partial charge in [0.1, 0.15) is 0 Å². The Hall–Kier alpha value is -4.46. The lowest BCUT2D eigenvalue weighted by Gasteiger charge is -2.07. The predicted molar refractivity (Wildman–Crippen MR) is 117 cm³/mol. The van der Waals surface area contributed by atoms with Crippen LogP contribution >= 0.6 is 0 Å². The van der Waals surface area contributed by atoms with Gasteiger partial charge in [0.05, 0.1) is 12.4 Å². The van der Waals surface area contributed by atoms with Crippen molar-refractivity contribution in [3.8, 4) is 22.9 Å². The van der Waals surface area contributed by atoms with E-state index in [1.807, 2.05) is 60.7 Å². The quantitative estimate of drug-likeness (QED) is 0.438. The lowest BCUT2D eigenvalue weighted by atomic mass is 10.2. The molecule has 0 spiro atoms. The maximum Gasteiger partial charge on any atom is 0.292 e. The Morgan fingerprint density at radius 1 is 0.781 bits per heavy atom. The van der Waals surface area contributed by atoms with Crippen LogP contribution in [0.3, 0.4) is 0 Å². The molecule has 2 aromatic carbocycles. The second-order valence-electron chi connectivity index (χ2n) is 6.85. The van der Waals surface area contributed by atoms with Gasteiger partial charge >= 0.3 is 0 Å². The molecule has 0 atom stereocenters. The van der Waals surface area contributed by atoms with Crippen LogP contribution in [-0.2, 0) is 0 Å². The van der Waals surface area contributed by atoms with E-state index in [1.165, 1.54) is 12.4 Å². The SMILES string of the molecule is C=C(CCNC(=O)c1cnc(-c2ccccc2)o1)NC(=O)c1cnc(-c2ccccc2)o1. The molecule has 8 heteroatoms. The molecule has 2 amide bonds. The molecular weight excluding hydrogens is 408 g/mol. The van der Waals surface area contributed by atoms with Crippen molar-refractivity contribution in [3.63, 3.8) is 0 Å². The third kappa shape index (κ3) is 4.99. The zero-order valence-corrected chi connectivity index (χ0v) is 17.1. The molecule has 0 aliphatic heterocycles. The number of hydrogen-bond donors (Lipinski definition) is 2. The van der Waals surface area contributed by atoms with Gasteiger partial charge in [0.15, 0.2) is 0 Å². The molecule has 0 unspecified atom stereocenters. The number of amides is 2. The number of carbonyl (C=O) groups excluding carboxylic acids is 2. The lowest BCUT2D eigenvalue weighted by Crippen LogP contribution is -2.28. The maximum absolute atomic E-state index is 12.3. The number of carbonyl (C=O) groups is 2. The van der Waals surface area contributed by atoms with Gasteiger partial charge in [0, 0.05) is 29.8 Å². The largest absolute Gasteiger partial charge is 0.431 e. The monoisotopic (exact) mass is 428 g/mol. The topological polar surface area (TPSA) is 110 Å². The summed E-state index contributed by atoms with van der Waals surface area (Å²) in [6.45, 7) is 4.07. The van der Waals surface area contributed by atoms with Gasteiger partial charge in [-0.2, -0.15) is 0 Å². The first-order chi connectivity index (χ1) is 15.6. The van der Waals surface area contributed by atoms with Crippen LogP contribution in [0.15, 0.2) is 94.2 Å². The fraction of sp³-hybridized carbons (Fsp3) is 0.0833. The number of nitrogens with one attached hydrogen (secondary N) is 2. The van der Waals surface area contributed by atoms with Gasteiger partial charge in [0.25, 0.3) is 11.8 Å². The van der Waals surface area contributed by atoms with E-state index in [0.717, 1.165) is 11.1 Å². The Kier molecular flexibility index (Phi) is 6.22. The Morgan fingerprint density at radius 3 is 1.81 bits per heavy atom. The third-order valence-corrected chi connectivity index (χ3v) is 4.50. The standard InChI is InChI=1S/C24H20N4O4/c1-16(28-22(30)20-15-27-24(32-20)18-10-6-3-7-11-18)12-13-25-21(29)19-14-26-23(31-19)17-8-4-2-5-9-17/h2-11,14-15H,1,12-13H2,(H,25,29)(H,28,30). The number of hydrogen-bond acceptors (Lipinski definition) is 6. The first-order valence-corrected chi connectivity index (χ1v) is 9.90. The first-order valence-electron chi connectivity index (χ1n) is 9.90. The van der Waals surface area contributed by atoms with Gasteiger partial charge in [0.2, 0.25) is 23.3 Å². The van der Waals surface area contributed by atoms with Gasteiger partial charge in [-0.1, -0.05) is 43.0 Å². The molecule has 0 aliphatic rings. The van der Waals surface area contributed by atoms with Crippen LogP contribution < -0.4 is 10.6 Å². The summed E-state index contributed by atoms with van der Waals surface area (Å²) in [5, 5.41) is 5.36. The van der Waals surface area contributed by atoms with Crippen molar-refractivity contribution in [1.82, 2.24) is 20.6 Å². The zero-order valence-electron chi connectivity index (χ0n) is 17.1. The molecule has 0 saturated carbocycles. The molecule has 32 heavy (non-hydrogen) atoms. The molecule has 0 fully saturated rings. The summed E-state index contributed by atoms with van der Waals surface area (Å²) >= 11 is 0. The molecule has 0 saturated heterocycles. The Labute approximate surface area is 184 Å². The van der Waals surface area contributed by atoms with Crippen molar-refractivity contribution in [2.75, 3.05) is 6.54 Å². The van der Waals surface area contributed by atoms with E-state index in [9.17, 15) is 9.59 Å². The van der Waals surface area contributed by atoms with Crippen LogP contribution in [0, 0.1) is 0 Å². The minimum absolute atomic E-state index is 0.0733. The lowest BCUT2D eigenvalue weighted by molar-refractivity contribution is 0.0927. The fourth-order valence-corrected chi connectivity index (χ4v) is 2.89. The molecule has 8 nitrogen and oxygen atoms in total. The normalized spacial score (nSPS) is 10.5. The number of aromatic nitrogens is 2. The van der Waals surface area contributed by atoms with Crippen molar-refractivity contribution < 1.29 is 18.4 Å². The molecular formula is C24H20N4O4. The van der Waals surface area contributed by atoms with E-state index in [2.05, 4.69) is 27.2 Å². The third-order valence-electron chi connectivity index (χ3n) is 4.50. The average molecular weight is 428 g/mol. The fourth-order valence-electron chi connectivity index (χ4n) is 2.89. The summed E-state index contributed by atoms with van der Waals surface area (Å²) in [7, 11) is 0. The molecule has 0 bridgehead atoms. The molecule has 4 aromatic rings. The van der Waals surface area contributed by atoms with E-state index >= 15 is 0 Å². The summed E-state index contributed by atoms with van der Waals surface area (Å²) in [4.78, 5) is 32.9. The van der Waals surface area contributed by atoms with Crippen LogP contribution in [0.1, 0.15) is 27.5 Å². The second kappa shape index (κ2) is 9.57. The highest BCUT2D eigenvalue weighted by Gasteiger charge is 2.16. The van der Waals surface area contributed by atoms with E-state index < -0.39 is 11.8 Å². The summed E-state index contributed by atoms with van der Waals surface area (Å²) in [5.41, 5.74) is 1.98. The summed E-state index contributed by atoms with van der Waals surface area (Å²) in [6, 6.07) is 18.6. The number of benzene rings is 2. The minimum Gasteiger partial charge on any atom is -0.431 e. The van der Waals surface area contributed by atoms with Gasteiger partial charge in [-0.05, 0) is 24.3 Å². The number of rotatable bonds is 8. The van der Waals surface area contributed by atoms with Crippen molar-refractivity contribution in [2.45, 2.75) is 6.42 Å². The first kappa shape index (κ1) is 20.8. The summed E-state index contributed by atoms with van der Waals surface area (Å²) in [5.74, 6) is 0.0444. The highest BCUT2D eigenvalue weighted by atomic mass is 16.4. The minimum atomic E-state index is -0.459. The van der Waals surface area contributed by atoms with Crippen LogP contribution in [0.4, 0.5) is 0 Å². The molecule has 2 aromatic heterocycles. The molecule has 4 rings (SSSR count). The Morgan fingerprint density at radius 2 is 1.28 bits per heavy atom. The Balaban J connectivity index is 1.25. The van der Waals surface area contributed by atoms with Gasteiger partial charge in [-0.3, -0.25) is 9.59 Å². The van der Waals surface area contributed by atoms with Crippen LogP contribution in [0.2, 0.25) is 0 Å². The van der Waals surface area contributed by atoms with Crippen molar-refractivity contribution in [3.05, 3.63) is 96.9 Å². The summed E-state index contributed by atoms with van der Waals surface area (Å²) in [6.07, 6.45) is 3.07. The van der Waals surface area contributed by atoms with Crippen molar-refractivity contribution >= 4 is 11.8 Å². The van der Waals surface area contributed by atoms with E-state index in [-0.39, 0.29) is 18.1 Å². The Bertz CT molecular complexity index is 1230. The maximum atomic E-state index is 12.3. The predicted octanol–water partition coefficient (Wildman–Crippen LogP) is 4.06. The van der Waals surface area contributed by atoms with E-state index in [4.69, 9.17) is 8.83 Å².